The highest BCUT2D eigenvalue weighted by Crippen LogP contribution is 2.37. The van der Waals surface area contributed by atoms with Gasteiger partial charge in [-0.25, -0.2) is 0 Å². The first kappa shape index (κ1) is 12.9. The molecule has 1 aliphatic rings. The molecule has 1 aliphatic heterocycles. The topological polar surface area (TPSA) is 52.4 Å². The minimum atomic E-state index is -0.327. The van der Waals surface area contributed by atoms with E-state index in [1.165, 1.54) is 0 Å². The van der Waals surface area contributed by atoms with Gasteiger partial charge < -0.3 is 4.74 Å². The quantitative estimate of drug-likeness (QED) is 0.631. The van der Waals surface area contributed by atoms with Crippen LogP contribution in [0.15, 0.2) is 27.6 Å². The zero-order valence-electron chi connectivity index (χ0n) is 9.10. The van der Waals surface area contributed by atoms with E-state index in [-0.39, 0.29) is 10.6 Å². The maximum absolute atomic E-state index is 11.0. The molecule has 0 aromatic heterocycles. The molecule has 0 amide bonds. The number of nitro groups is 1. The summed E-state index contributed by atoms with van der Waals surface area (Å²) in [6, 6.07) is 5.21. The first-order valence-electron chi connectivity index (χ1n) is 5.35. The van der Waals surface area contributed by atoms with Crippen LogP contribution in [0.2, 0.25) is 0 Å². The Morgan fingerprint density at radius 2 is 2.12 bits per heavy atom. The predicted octanol–water partition coefficient (Wildman–Crippen LogP) is 3.63. The molecule has 4 nitrogen and oxygen atoms in total. The molecule has 0 spiro atoms. The van der Waals surface area contributed by atoms with E-state index < -0.39 is 0 Å². The number of rotatable bonds is 3. The summed E-state index contributed by atoms with van der Waals surface area (Å²) in [5.41, 5.74) is 0.177. The Hall–Kier alpha value is -0.590. The summed E-state index contributed by atoms with van der Waals surface area (Å²) in [6.45, 7) is 1.50. The van der Waals surface area contributed by atoms with Crippen LogP contribution in [-0.2, 0) is 4.74 Å². The summed E-state index contributed by atoms with van der Waals surface area (Å²) >= 11 is 4.84. The molecule has 1 saturated heterocycles. The molecule has 1 aromatic carbocycles. The Morgan fingerprint density at radius 1 is 1.41 bits per heavy atom. The zero-order chi connectivity index (χ0) is 12.3. The van der Waals surface area contributed by atoms with Gasteiger partial charge in [0.15, 0.2) is 0 Å². The summed E-state index contributed by atoms with van der Waals surface area (Å²) in [5.74, 6) is 0. The van der Waals surface area contributed by atoms with Crippen molar-refractivity contribution in [1.82, 2.24) is 0 Å². The maximum Gasteiger partial charge on any atom is 0.284 e. The molecular formula is C11H12BrNO3S. The van der Waals surface area contributed by atoms with Gasteiger partial charge in [0.1, 0.15) is 0 Å². The van der Waals surface area contributed by atoms with Gasteiger partial charge in [-0.15, -0.1) is 11.8 Å². The second kappa shape index (κ2) is 5.84. The van der Waals surface area contributed by atoms with Crippen molar-refractivity contribution >= 4 is 33.4 Å². The Bertz CT molecular complexity index is 421. The average molecular weight is 318 g/mol. The van der Waals surface area contributed by atoms with Crippen LogP contribution in [0.3, 0.4) is 0 Å². The molecular weight excluding hydrogens is 306 g/mol. The van der Waals surface area contributed by atoms with Crippen molar-refractivity contribution < 1.29 is 9.66 Å². The van der Waals surface area contributed by atoms with E-state index in [0.717, 1.165) is 35.4 Å². The summed E-state index contributed by atoms with van der Waals surface area (Å²) in [6.07, 6.45) is 1.91. The molecule has 0 unspecified atom stereocenters. The van der Waals surface area contributed by atoms with Crippen molar-refractivity contribution in [2.24, 2.45) is 0 Å². The summed E-state index contributed by atoms with van der Waals surface area (Å²) in [7, 11) is 0. The number of benzene rings is 1. The standard InChI is InChI=1S/C11H12BrNO3S/c12-8-1-2-11(10(7-8)13(14)15)17-9-3-5-16-6-4-9/h1-2,7,9H,3-6H2. The van der Waals surface area contributed by atoms with Crippen molar-refractivity contribution in [2.75, 3.05) is 13.2 Å². The lowest BCUT2D eigenvalue weighted by Crippen LogP contribution is -2.17. The van der Waals surface area contributed by atoms with Crippen molar-refractivity contribution in [2.45, 2.75) is 23.0 Å². The molecule has 1 heterocycles. The molecule has 92 valence electrons. The third-order valence-electron chi connectivity index (χ3n) is 2.58. The molecule has 2 rings (SSSR count). The predicted molar refractivity (Wildman–Crippen MR) is 70.5 cm³/mol. The Labute approximate surface area is 112 Å². The van der Waals surface area contributed by atoms with Crippen LogP contribution in [0.4, 0.5) is 5.69 Å². The highest BCUT2D eigenvalue weighted by atomic mass is 79.9. The Kier molecular flexibility index (Phi) is 4.42. The van der Waals surface area contributed by atoms with Gasteiger partial charge in [0.25, 0.3) is 5.69 Å². The fourth-order valence-electron chi connectivity index (χ4n) is 1.71. The molecule has 17 heavy (non-hydrogen) atoms. The van der Waals surface area contributed by atoms with E-state index in [2.05, 4.69) is 15.9 Å². The minimum absolute atomic E-state index is 0.177. The van der Waals surface area contributed by atoms with Crippen molar-refractivity contribution in [3.05, 3.63) is 32.8 Å². The van der Waals surface area contributed by atoms with Gasteiger partial charge >= 0.3 is 0 Å². The van der Waals surface area contributed by atoms with Gasteiger partial charge in [0.05, 0.1) is 9.82 Å². The van der Waals surface area contributed by atoms with E-state index in [0.29, 0.717) is 5.25 Å². The highest BCUT2D eigenvalue weighted by molar-refractivity contribution is 9.10. The molecule has 0 radical (unpaired) electrons. The van der Waals surface area contributed by atoms with Crippen LogP contribution in [0.25, 0.3) is 0 Å². The number of nitrogens with zero attached hydrogens (tertiary/aromatic N) is 1. The van der Waals surface area contributed by atoms with Crippen LogP contribution >= 0.6 is 27.7 Å². The van der Waals surface area contributed by atoms with Gasteiger partial charge in [0, 0.05) is 29.0 Å². The van der Waals surface area contributed by atoms with Gasteiger partial charge in [-0.2, -0.15) is 0 Å². The lowest BCUT2D eigenvalue weighted by Gasteiger charge is -2.21. The van der Waals surface area contributed by atoms with E-state index in [4.69, 9.17) is 4.74 Å². The number of hydrogen-bond donors (Lipinski definition) is 0. The van der Waals surface area contributed by atoms with Crippen molar-refractivity contribution in [3.63, 3.8) is 0 Å². The molecule has 0 aliphatic carbocycles. The third-order valence-corrected chi connectivity index (χ3v) is 4.48. The number of halogens is 1. The second-order valence-corrected chi connectivity index (χ2v) is 6.06. The average Bonchev–Trinajstić information content (AvgIpc) is 2.32. The van der Waals surface area contributed by atoms with Gasteiger partial charge in [-0.1, -0.05) is 15.9 Å². The summed E-state index contributed by atoms with van der Waals surface area (Å²) in [4.78, 5) is 11.4. The SMILES string of the molecule is O=[N+]([O-])c1cc(Br)ccc1SC1CCOCC1. The normalized spacial score (nSPS) is 17.0. The highest BCUT2D eigenvalue weighted by Gasteiger charge is 2.21. The maximum atomic E-state index is 11.0. The number of nitro benzene ring substituents is 1. The smallest absolute Gasteiger partial charge is 0.284 e. The van der Waals surface area contributed by atoms with Crippen LogP contribution < -0.4 is 0 Å². The Balaban J connectivity index is 2.16. The molecule has 6 heteroatoms. The monoisotopic (exact) mass is 317 g/mol. The van der Waals surface area contributed by atoms with E-state index in [1.807, 2.05) is 12.1 Å². The minimum Gasteiger partial charge on any atom is -0.381 e. The van der Waals surface area contributed by atoms with Gasteiger partial charge in [-0.3, -0.25) is 10.1 Å². The second-order valence-electron chi connectivity index (χ2n) is 3.80. The van der Waals surface area contributed by atoms with Crippen molar-refractivity contribution in [3.8, 4) is 0 Å². The first-order chi connectivity index (χ1) is 8.16. The van der Waals surface area contributed by atoms with Crippen LogP contribution in [-0.4, -0.2) is 23.4 Å². The molecule has 0 atom stereocenters. The lowest BCUT2D eigenvalue weighted by atomic mass is 10.2. The van der Waals surface area contributed by atoms with Crippen LogP contribution in [0, 0.1) is 10.1 Å². The molecule has 1 fully saturated rings. The molecule has 0 bridgehead atoms. The molecule has 0 N–H and O–H groups in total. The van der Waals surface area contributed by atoms with Gasteiger partial charge in [0.2, 0.25) is 0 Å². The molecule has 0 saturated carbocycles. The largest absolute Gasteiger partial charge is 0.381 e. The van der Waals surface area contributed by atoms with Crippen LogP contribution in [0.5, 0.6) is 0 Å². The Morgan fingerprint density at radius 3 is 2.76 bits per heavy atom. The lowest BCUT2D eigenvalue weighted by molar-refractivity contribution is -0.387. The van der Waals surface area contributed by atoms with Crippen molar-refractivity contribution in [1.29, 1.82) is 0 Å². The van der Waals surface area contributed by atoms with E-state index in [9.17, 15) is 10.1 Å². The fraction of sp³-hybridized carbons (Fsp3) is 0.455. The van der Waals surface area contributed by atoms with E-state index in [1.54, 1.807) is 17.8 Å². The van der Waals surface area contributed by atoms with Gasteiger partial charge in [-0.05, 0) is 25.0 Å². The van der Waals surface area contributed by atoms with Crippen LogP contribution in [0.1, 0.15) is 12.8 Å². The number of ether oxygens (including phenoxy) is 1. The number of hydrogen-bond acceptors (Lipinski definition) is 4. The third kappa shape index (κ3) is 3.43. The molecule has 1 aromatic rings. The zero-order valence-corrected chi connectivity index (χ0v) is 11.5. The number of thioether (sulfide) groups is 1. The van der Waals surface area contributed by atoms with E-state index >= 15 is 0 Å². The fourth-order valence-corrected chi connectivity index (χ4v) is 3.24. The first-order valence-corrected chi connectivity index (χ1v) is 7.02. The summed E-state index contributed by atoms with van der Waals surface area (Å²) < 4.78 is 6.02. The summed E-state index contributed by atoms with van der Waals surface area (Å²) in [5, 5.41) is 11.4.